The highest BCUT2D eigenvalue weighted by Crippen LogP contribution is 2.43. The molecule has 2 aromatic rings. The van der Waals surface area contributed by atoms with E-state index in [1.165, 1.54) is 12.1 Å². The molecule has 4 aliphatic heterocycles. The van der Waals surface area contributed by atoms with E-state index in [0.717, 1.165) is 19.3 Å². The van der Waals surface area contributed by atoms with E-state index in [1.807, 2.05) is 38.6 Å². The summed E-state index contributed by atoms with van der Waals surface area (Å²) >= 11 is 0. The number of rotatable bonds is 11. The third-order valence-electron chi connectivity index (χ3n) is 8.73. The van der Waals surface area contributed by atoms with Crippen LogP contribution in [-0.2, 0) is 56.1 Å². The number of nitro benzene ring substituents is 1. The summed E-state index contributed by atoms with van der Waals surface area (Å²) in [6.07, 6.45) is 2.28. The molecule has 4 saturated heterocycles. The first-order valence-corrected chi connectivity index (χ1v) is 15.4. The average molecular weight is 635 g/mol. The number of fused-ring (bicyclic) bond motifs is 1. The fourth-order valence-electron chi connectivity index (χ4n) is 6.05. The number of aryl methyl sites for hydroxylation is 1. The molecule has 0 N–H and O–H groups in total. The van der Waals surface area contributed by atoms with Crippen molar-refractivity contribution in [3.05, 3.63) is 51.8 Å². The Morgan fingerprint density at radius 1 is 1.13 bits per heavy atom. The highest BCUT2D eigenvalue weighted by molar-refractivity contribution is 5.33. The van der Waals surface area contributed by atoms with Gasteiger partial charge in [0.25, 0.3) is 5.69 Å². The standard InChI is InChI=1S/C30H42N4O11/c1-19(6-11-24-28(2,3)45-43-27(42-24)20-7-9-22(10-8-20)34(35)36)12-13-33-14-21(31-32-33)15-37-26-25-23(38-18-39-25)16-40-30(26)17-41-29(4,5)44-30/h7-10,14,19,23-27H,6,11-13,15-18H2,1-5H3/t19?,23-,24?,25-,26?,27?,30+/m0/s1. The van der Waals surface area contributed by atoms with Crippen molar-refractivity contribution < 1.29 is 47.9 Å². The van der Waals surface area contributed by atoms with Gasteiger partial charge >= 0.3 is 0 Å². The largest absolute Gasteiger partial charge is 0.363 e. The lowest BCUT2D eigenvalue weighted by Gasteiger charge is -2.43. The SMILES string of the molecule is CC(CCC1OC(c2ccc([N+](=O)[O-])cc2)OOC1(C)C)CCn1cc(COC2[C@H]3OCO[C@H]3CO[C@@]23COC(C)(C)O3)nn1. The molecule has 15 nitrogen and oxygen atoms in total. The molecule has 0 bridgehead atoms. The average Bonchev–Trinajstić information content (AvgIpc) is 3.74. The second-order valence-corrected chi connectivity index (χ2v) is 13.1. The number of hydrogen-bond acceptors (Lipinski definition) is 13. The van der Waals surface area contributed by atoms with Crippen LogP contribution in [-0.4, -0.2) is 81.5 Å². The van der Waals surface area contributed by atoms with E-state index in [4.69, 9.17) is 42.9 Å². The topological polar surface area (TPSA) is 157 Å². The van der Waals surface area contributed by atoms with Gasteiger partial charge in [0, 0.05) is 24.2 Å². The van der Waals surface area contributed by atoms with Crippen LogP contribution in [0.15, 0.2) is 30.5 Å². The predicted molar refractivity (Wildman–Crippen MR) is 153 cm³/mol. The van der Waals surface area contributed by atoms with Crippen LogP contribution in [0.5, 0.6) is 0 Å². The molecular formula is C30H42N4O11. The Kier molecular flexibility index (Phi) is 9.27. The summed E-state index contributed by atoms with van der Waals surface area (Å²) in [5.74, 6) is -1.52. The zero-order valence-electron chi connectivity index (χ0n) is 26.3. The van der Waals surface area contributed by atoms with Crippen molar-refractivity contribution in [2.24, 2.45) is 5.92 Å². The maximum Gasteiger partial charge on any atom is 0.269 e. The molecule has 4 fully saturated rings. The van der Waals surface area contributed by atoms with E-state index in [2.05, 4.69) is 17.2 Å². The van der Waals surface area contributed by atoms with Gasteiger partial charge in [-0.3, -0.25) is 14.8 Å². The minimum Gasteiger partial charge on any atom is -0.363 e. The molecule has 45 heavy (non-hydrogen) atoms. The van der Waals surface area contributed by atoms with Crippen LogP contribution in [0.4, 0.5) is 5.69 Å². The highest BCUT2D eigenvalue weighted by Gasteiger charge is 2.61. The summed E-state index contributed by atoms with van der Waals surface area (Å²) in [6, 6.07) is 6.09. The molecule has 1 aromatic heterocycles. The molecule has 6 rings (SSSR count). The molecule has 5 heterocycles. The first-order valence-electron chi connectivity index (χ1n) is 15.4. The molecule has 0 amide bonds. The van der Waals surface area contributed by atoms with Crippen molar-refractivity contribution in [2.45, 2.75) is 115 Å². The van der Waals surface area contributed by atoms with E-state index in [1.54, 1.807) is 12.1 Å². The van der Waals surface area contributed by atoms with Crippen LogP contribution >= 0.6 is 0 Å². The number of benzene rings is 1. The van der Waals surface area contributed by atoms with Crippen LogP contribution in [0.1, 0.15) is 71.4 Å². The summed E-state index contributed by atoms with van der Waals surface area (Å²) in [4.78, 5) is 21.7. The summed E-state index contributed by atoms with van der Waals surface area (Å²) in [7, 11) is 0. The molecule has 0 radical (unpaired) electrons. The third kappa shape index (κ3) is 7.21. The molecule has 0 saturated carbocycles. The summed E-state index contributed by atoms with van der Waals surface area (Å²) in [5, 5.41) is 19.6. The number of aromatic nitrogens is 3. The van der Waals surface area contributed by atoms with E-state index in [-0.39, 0.29) is 44.0 Å². The van der Waals surface area contributed by atoms with Crippen molar-refractivity contribution in [3.8, 4) is 0 Å². The number of nitro groups is 1. The van der Waals surface area contributed by atoms with Crippen molar-refractivity contribution in [2.75, 3.05) is 20.0 Å². The van der Waals surface area contributed by atoms with Crippen molar-refractivity contribution in [3.63, 3.8) is 0 Å². The zero-order chi connectivity index (χ0) is 31.8. The van der Waals surface area contributed by atoms with Crippen LogP contribution in [0.2, 0.25) is 0 Å². The van der Waals surface area contributed by atoms with E-state index >= 15 is 0 Å². The Bertz CT molecular complexity index is 1320. The number of non-ortho nitro benzene ring substituents is 1. The fraction of sp³-hybridized carbons (Fsp3) is 0.733. The Morgan fingerprint density at radius 3 is 2.67 bits per heavy atom. The second-order valence-electron chi connectivity index (χ2n) is 13.1. The summed E-state index contributed by atoms with van der Waals surface area (Å²) < 4.78 is 44.0. The van der Waals surface area contributed by atoms with Crippen LogP contribution in [0, 0.1) is 16.0 Å². The van der Waals surface area contributed by atoms with Crippen LogP contribution in [0.25, 0.3) is 0 Å². The monoisotopic (exact) mass is 634 g/mol. The van der Waals surface area contributed by atoms with Gasteiger partial charge in [0.05, 0.1) is 30.4 Å². The highest BCUT2D eigenvalue weighted by atomic mass is 17.2. The fourth-order valence-corrected chi connectivity index (χ4v) is 6.05. The molecule has 1 spiro atoms. The summed E-state index contributed by atoms with van der Waals surface area (Å²) in [6.45, 7) is 11.4. The molecule has 248 valence electrons. The van der Waals surface area contributed by atoms with Gasteiger partial charge in [-0.1, -0.05) is 12.1 Å². The van der Waals surface area contributed by atoms with Crippen molar-refractivity contribution in [1.82, 2.24) is 15.0 Å². The van der Waals surface area contributed by atoms with Gasteiger partial charge in [0.15, 0.2) is 5.79 Å². The van der Waals surface area contributed by atoms with Gasteiger partial charge in [-0.2, -0.15) is 4.89 Å². The lowest BCUT2D eigenvalue weighted by molar-refractivity contribution is -0.487. The second kappa shape index (κ2) is 12.9. The molecule has 4 aliphatic rings. The summed E-state index contributed by atoms with van der Waals surface area (Å²) in [5.41, 5.74) is 0.693. The van der Waals surface area contributed by atoms with E-state index in [0.29, 0.717) is 30.3 Å². The molecular weight excluding hydrogens is 592 g/mol. The van der Waals surface area contributed by atoms with Gasteiger partial charge < -0.3 is 33.2 Å². The smallest absolute Gasteiger partial charge is 0.269 e. The lowest BCUT2D eigenvalue weighted by atomic mass is 9.92. The normalized spacial score (nSPS) is 32.9. The van der Waals surface area contributed by atoms with Gasteiger partial charge in [-0.05, 0) is 65.0 Å². The van der Waals surface area contributed by atoms with Gasteiger partial charge in [0.1, 0.15) is 43.0 Å². The van der Waals surface area contributed by atoms with Crippen LogP contribution < -0.4 is 0 Å². The number of hydrogen-bond donors (Lipinski definition) is 0. The first kappa shape index (κ1) is 32.3. The Labute approximate surface area is 261 Å². The number of nitrogens with zero attached hydrogens (tertiary/aromatic N) is 4. The molecule has 1 aromatic carbocycles. The Hall–Kier alpha value is -2.60. The maximum atomic E-state index is 11.0. The van der Waals surface area contributed by atoms with Gasteiger partial charge in [0.2, 0.25) is 12.1 Å². The quantitative estimate of drug-likeness (QED) is 0.199. The van der Waals surface area contributed by atoms with E-state index in [9.17, 15) is 10.1 Å². The maximum absolute atomic E-state index is 11.0. The minimum atomic E-state index is -1.08. The molecule has 0 aliphatic carbocycles. The number of ether oxygens (including phenoxy) is 7. The first-order chi connectivity index (χ1) is 21.4. The lowest BCUT2D eigenvalue weighted by Crippen LogP contribution is -2.62. The van der Waals surface area contributed by atoms with Crippen molar-refractivity contribution >= 4 is 5.69 Å². The zero-order valence-corrected chi connectivity index (χ0v) is 26.3. The molecule has 7 atom stereocenters. The Balaban J connectivity index is 0.983. The Morgan fingerprint density at radius 2 is 1.93 bits per heavy atom. The minimum absolute atomic E-state index is 0.00485. The predicted octanol–water partition coefficient (Wildman–Crippen LogP) is 3.95. The third-order valence-corrected chi connectivity index (χ3v) is 8.73. The molecule has 4 unspecified atom stereocenters. The molecule has 15 heteroatoms. The van der Waals surface area contributed by atoms with E-state index < -0.39 is 34.5 Å². The van der Waals surface area contributed by atoms with Gasteiger partial charge in [-0.15, -0.1) is 5.10 Å². The van der Waals surface area contributed by atoms with Gasteiger partial charge in [-0.25, -0.2) is 4.89 Å². The van der Waals surface area contributed by atoms with Crippen molar-refractivity contribution in [1.29, 1.82) is 0 Å². The van der Waals surface area contributed by atoms with Crippen LogP contribution in [0.3, 0.4) is 0 Å².